The van der Waals surface area contributed by atoms with E-state index in [0.717, 1.165) is 17.7 Å². The van der Waals surface area contributed by atoms with Gasteiger partial charge in [0.2, 0.25) is 11.8 Å². The summed E-state index contributed by atoms with van der Waals surface area (Å²) < 4.78 is 11.4. The van der Waals surface area contributed by atoms with Crippen molar-refractivity contribution in [3.63, 3.8) is 0 Å². The van der Waals surface area contributed by atoms with Crippen LogP contribution in [-0.4, -0.2) is 49.6 Å². The van der Waals surface area contributed by atoms with Gasteiger partial charge in [-0.2, -0.15) is 0 Å². The molecule has 0 aromatic heterocycles. The van der Waals surface area contributed by atoms with Crippen LogP contribution in [0.3, 0.4) is 0 Å². The number of hydrogen-bond acceptors (Lipinski definition) is 4. The molecule has 0 aliphatic carbocycles. The third-order valence-corrected chi connectivity index (χ3v) is 5.19. The van der Waals surface area contributed by atoms with E-state index < -0.39 is 5.60 Å². The lowest BCUT2D eigenvalue weighted by Gasteiger charge is -2.42. The second-order valence-electron chi connectivity index (χ2n) is 6.96. The van der Waals surface area contributed by atoms with E-state index in [0.29, 0.717) is 38.8 Å². The van der Waals surface area contributed by atoms with Gasteiger partial charge in [0.05, 0.1) is 12.6 Å². The number of ether oxygens (including phenoxy) is 2. The Labute approximate surface area is 148 Å². The van der Waals surface area contributed by atoms with Crippen molar-refractivity contribution >= 4 is 11.8 Å². The van der Waals surface area contributed by atoms with E-state index >= 15 is 0 Å². The van der Waals surface area contributed by atoms with Crippen molar-refractivity contribution in [2.75, 3.05) is 27.3 Å². The minimum Gasteiger partial charge on any atom is -0.487 e. The van der Waals surface area contributed by atoms with Crippen molar-refractivity contribution in [2.45, 2.75) is 43.7 Å². The van der Waals surface area contributed by atoms with E-state index in [9.17, 15) is 9.59 Å². The van der Waals surface area contributed by atoms with E-state index in [1.165, 1.54) is 0 Å². The Morgan fingerprint density at radius 3 is 3.00 bits per heavy atom. The Morgan fingerprint density at radius 2 is 2.20 bits per heavy atom. The summed E-state index contributed by atoms with van der Waals surface area (Å²) in [5.74, 6) is 0.934. The van der Waals surface area contributed by atoms with Crippen LogP contribution in [0.4, 0.5) is 0 Å². The third kappa shape index (κ3) is 3.95. The predicted octanol–water partition coefficient (Wildman–Crippen LogP) is 2.04. The molecule has 3 rings (SSSR count). The van der Waals surface area contributed by atoms with Gasteiger partial charge in [-0.1, -0.05) is 18.2 Å². The number of fused-ring (bicyclic) bond motifs is 1. The number of likely N-dealkylation sites (tertiary alicyclic amines) is 1. The zero-order valence-corrected chi connectivity index (χ0v) is 14.9. The molecule has 1 fully saturated rings. The molecule has 2 heterocycles. The van der Waals surface area contributed by atoms with Crippen molar-refractivity contribution in [3.8, 4) is 5.75 Å². The highest BCUT2D eigenvalue weighted by molar-refractivity contribution is 5.77. The van der Waals surface area contributed by atoms with E-state index in [4.69, 9.17) is 9.47 Å². The maximum absolute atomic E-state index is 12.2. The number of carbonyl (C=O) groups is 2. The highest BCUT2D eigenvalue weighted by atomic mass is 16.5. The van der Waals surface area contributed by atoms with Crippen molar-refractivity contribution in [1.29, 1.82) is 0 Å². The fourth-order valence-corrected chi connectivity index (χ4v) is 3.66. The fraction of sp³-hybridized carbons (Fsp3) is 0.579. The SMILES string of the molecule is COCCC(=O)N[C@@H]1C[C@@]2(CCC(=O)N(C)CC2)Oc2ccccc21. The van der Waals surface area contributed by atoms with Gasteiger partial charge in [-0.25, -0.2) is 0 Å². The lowest BCUT2D eigenvalue weighted by Crippen LogP contribution is -2.46. The smallest absolute Gasteiger partial charge is 0.222 e. The number of nitrogens with one attached hydrogen (secondary N) is 1. The number of carbonyl (C=O) groups excluding carboxylic acids is 2. The quantitative estimate of drug-likeness (QED) is 0.906. The molecule has 25 heavy (non-hydrogen) atoms. The summed E-state index contributed by atoms with van der Waals surface area (Å²) in [6.45, 7) is 1.08. The van der Waals surface area contributed by atoms with E-state index in [-0.39, 0.29) is 17.9 Å². The lowest BCUT2D eigenvalue weighted by molar-refractivity contribution is -0.129. The monoisotopic (exact) mass is 346 g/mol. The highest BCUT2D eigenvalue weighted by Crippen LogP contribution is 2.44. The van der Waals surface area contributed by atoms with Crippen molar-refractivity contribution in [1.82, 2.24) is 10.2 Å². The molecule has 0 unspecified atom stereocenters. The zero-order chi connectivity index (χ0) is 17.9. The van der Waals surface area contributed by atoms with Gasteiger partial charge in [-0.15, -0.1) is 0 Å². The molecule has 0 bridgehead atoms. The summed E-state index contributed by atoms with van der Waals surface area (Å²) in [7, 11) is 3.42. The molecule has 2 amide bonds. The maximum Gasteiger partial charge on any atom is 0.222 e. The normalized spacial score (nSPS) is 25.9. The Kier molecular flexibility index (Phi) is 5.27. The Bertz CT molecular complexity index is 648. The molecule has 1 aromatic carbocycles. The van der Waals surface area contributed by atoms with Gasteiger partial charge < -0.3 is 19.7 Å². The van der Waals surface area contributed by atoms with Crippen LogP contribution in [-0.2, 0) is 14.3 Å². The molecule has 6 heteroatoms. The van der Waals surface area contributed by atoms with Crippen LogP contribution in [0, 0.1) is 0 Å². The molecule has 0 saturated carbocycles. The van der Waals surface area contributed by atoms with E-state index in [2.05, 4.69) is 5.32 Å². The zero-order valence-electron chi connectivity index (χ0n) is 14.9. The fourth-order valence-electron chi connectivity index (χ4n) is 3.66. The Balaban J connectivity index is 1.82. The van der Waals surface area contributed by atoms with Crippen LogP contribution >= 0.6 is 0 Å². The number of nitrogens with zero attached hydrogens (tertiary/aromatic N) is 1. The second kappa shape index (κ2) is 7.44. The summed E-state index contributed by atoms with van der Waals surface area (Å²) in [6, 6.07) is 7.74. The van der Waals surface area contributed by atoms with Crippen molar-refractivity contribution in [2.24, 2.45) is 0 Å². The van der Waals surface area contributed by atoms with Crippen molar-refractivity contribution < 1.29 is 19.1 Å². The minimum absolute atomic E-state index is 0.0273. The highest BCUT2D eigenvalue weighted by Gasteiger charge is 2.43. The van der Waals surface area contributed by atoms with Gasteiger partial charge in [0.15, 0.2) is 0 Å². The molecule has 1 aromatic rings. The molecule has 1 N–H and O–H groups in total. The standard InChI is InChI=1S/C19H26N2O4/c1-21-11-10-19(9-7-18(21)23)13-15(20-17(22)8-12-24-2)14-5-3-4-6-16(14)25-19/h3-6,15H,7-13H2,1-2H3,(H,20,22)/t15-,19+/m1/s1. The van der Waals surface area contributed by atoms with Crippen molar-refractivity contribution in [3.05, 3.63) is 29.8 Å². The Morgan fingerprint density at radius 1 is 1.40 bits per heavy atom. The molecule has 2 aliphatic heterocycles. The largest absolute Gasteiger partial charge is 0.487 e. The summed E-state index contributed by atoms with van der Waals surface area (Å²) in [4.78, 5) is 26.0. The topological polar surface area (TPSA) is 67.9 Å². The number of para-hydroxylation sites is 1. The minimum atomic E-state index is -0.409. The van der Waals surface area contributed by atoms with Crippen LogP contribution in [0.15, 0.2) is 24.3 Å². The molecule has 1 saturated heterocycles. The number of hydrogen-bond donors (Lipinski definition) is 1. The van der Waals surface area contributed by atoms with Gasteiger partial charge in [0, 0.05) is 51.9 Å². The molecule has 1 spiro atoms. The number of methoxy groups -OCH3 is 1. The molecule has 6 nitrogen and oxygen atoms in total. The van der Waals surface area contributed by atoms with E-state index in [1.54, 1.807) is 12.0 Å². The molecule has 0 radical (unpaired) electrons. The average Bonchev–Trinajstić information content (AvgIpc) is 2.74. The summed E-state index contributed by atoms with van der Waals surface area (Å²) >= 11 is 0. The van der Waals surface area contributed by atoms with E-state index in [1.807, 2.05) is 31.3 Å². The molecule has 2 atom stereocenters. The van der Waals surface area contributed by atoms with Gasteiger partial charge >= 0.3 is 0 Å². The second-order valence-corrected chi connectivity index (χ2v) is 6.96. The molecule has 136 valence electrons. The van der Waals surface area contributed by atoms with Crippen LogP contribution < -0.4 is 10.1 Å². The molecular weight excluding hydrogens is 320 g/mol. The van der Waals surface area contributed by atoms with Crippen LogP contribution in [0.25, 0.3) is 0 Å². The summed E-state index contributed by atoms with van der Waals surface area (Å²) in [5.41, 5.74) is 0.594. The third-order valence-electron chi connectivity index (χ3n) is 5.19. The first kappa shape index (κ1) is 17.7. The maximum atomic E-state index is 12.2. The molecule has 2 aliphatic rings. The van der Waals surface area contributed by atoms with Crippen LogP contribution in [0.1, 0.15) is 43.7 Å². The van der Waals surface area contributed by atoms with Crippen LogP contribution in [0.2, 0.25) is 0 Å². The number of amides is 2. The summed E-state index contributed by atoms with van der Waals surface area (Å²) in [5, 5.41) is 3.13. The average molecular weight is 346 g/mol. The van der Waals surface area contributed by atoms with Gasteiger partial charge in [-0.3, -0.25) is 9.59 Å². The first-order valence-corrected chi connectivity index (χ1v) is 8.83. The first-order valence-electron chi connectivity index (χ1n) is 8.83. The number of rotatable bonds is 4. The van der Waals surface area contributed by atoms with Gasteiger partial charge in [0.25, 0.3) is 0 Å². The Hall–Kier alpha value is -2.08. The van der Waals surface area contributed by atoms with Gasteiger partial charge in [0.1, 0.15) is 11.4 Å². The van der Waals surface area contributed by atoms with Crippen LogP contribution in [0.5, 0.6) is 5.75 Å². The van der Waals surface area contributed by atoms with Gasteiger partial charge in [-0.05, 0) is 12.5 Å². The first-order chi connectivity index (χ1) is 12.0. The number of benzene rings is 1. The molecular formula is C19H26N2O4. The predicted molar refractivity (Wildman–Crippen MR) is 93.3 cm³/mol. The lowest BCUT2D eigenvalue weighted by atomic mass is 9.82. The summed E-state index contributed by atoms with van der Waals surface area (Å²) in [6.07, 6.45) is 2.94.